The second-order valence-corrected chi connectivity index (χ2v) is 4.34. The van der Waals surface area contributed by atoms with Crippen LogP contribution in [-0.2, 0) is 4.84 Å². The SMILES string of the molecule is CCO[NH+]([O-])C1CCCN[C@H]1c1ccccc1. The number of quaternary nitrogens is 1. The summed E-state index contributed by atoms with van der Waals surface area (Å²) in [7, 11) is 0. The van der Waals surface area contributed by atoms with E-state index >= 15 is 0 Å². The van der Waals surface area contributed by atoms with Crippen molar-refractivity contribution in [3.05, 3.63) is 41.1 Å². The number of hydrogen-bond donors (Lipinski definition) is 2. The van der Waals surface area contributed by atoms with Crippen molar-refractivity contribution in [1.29, 1.82) is 0 Å². The van der Waals surface area contributed by atoms with Gasteiger partial charge < -0.3 is 10.5 Å². The molecule has 2 unspecified atom stereocenters. The standard InChI is InChI=1S/C13H20N2O2/c1-2-17-15(16)12-9-6-10-14-13(12)11-7-4-3-5-8-11/h3-5,7-8,12-15H,2,6,9-10H2,1H3/t12?,13-/m0/s1. The van der Waals surface area contributed by atoms with Crippen LogP contribution in [0, 0.1) is 5.21 Å². The minimum atomic E-state index is -0.0754. The summed E-state index contributed by atoms with van der Waals surface area (Å²) in [4.78, 5) is 5.15. The average molecular weight is 236 g/mol. The molecule has 2 N–H and O–H groups in total. The summed E-state index contributed by atoms with van der Waals surface area (Å²) in [5.41, 5.74) is 1.17. The van der Waals surface area contributed by atoms with Crippen molar-refractivity contribution in [2.75, 3.05) is 13.2 Å². The molecule has 3 atom stereocenters. The highest BCUT2D eigenvalue weighted by Crippen LogP contribution is 2.21. The minimum absolute atomic E-state index is 0.0499. The van der Waals surface area contributed by atoms with Gasteiger partial charge in [-0.15, -0.1) is 0 Å². The molecule has 1 aromatic carbocycles. The highest BCUT2D eigenvalue weighted by molar-refractivity contribution is 5.20. The summed E-state index contributed by atoms with van der Waals surface area (Å²) in [5.74, 6) is 0. The number of rotatable bonds is 4. The van der Waals surface area contributed by atoms with Gasteiger partial charge in [0.2, 0.25) is 0 Å². The second kappa shape index (κ2) is 6.12. The van der Waals surface area contributed by atoms with Crippen LogP contribution in [0.1, 0.15) is 31.4 Å². The molecule has 1 aliphatic heterocycles. The Hall–Kier alpha value is -0.940. The van der Waals surface area contributed by atoms with E-state index in [0.29, 0.717) is 6.61 Å². The highest BCUT2D eigenvalue weighted by Gasteiger charge is 2.31. The summed E-state index contributed by atoms with van der Waals surface area (Å²) in [6.45, 7) is 3.28. The van der Waals surface area contributed by atoms with Crippen LogP contribution in [0.3, 0.4) is 0 Å². The largest absolute Gasteiger partial charge is 0.600 e. The first-order valence-corrected chi connectivity index (χ1v) is 6.28. The Morgan fingerprint density at radius 2 is 2.18 bits per heavy atom. The first kappa shape index (κ1) is 12.5. The van der Waals surface area contributed by atoms with Crippen LogP contribution < -0.4 is 10.5 Å². The molecule has 0 aliphatic carbocycles. The van der Waals surface area contributed by atoms with Crippen LogP contribution in [0.5, 0.6) is 0 Å². The molecule has 4 nitrogen and oxygen atoms in total. The van der Waals surface area contributed by atoms with Crippen LogP contribution in [0.2, 0.25) is 0 Å². The number of nitrogens with one attached hydrogen (secondary N) is 2. The van der Waals surface area contributed by atoms with E-state index in [4.69, 9.17) is 4.84 Å². The van der Waals surface area contributed by atoms with Crippen LogP contribution in [0.15, 0.2) is 30.3 Å². The van der Waals surface area contributed by atoms with Gasteiger partial charge in [-0.1, -0.05) is 30.3 Å². The van der Waals surface area contributed by atoms with E-state index in [0.717, 1.165) is 19.4 Å². The molecule has 0 spiro atoms. The average Bonchev–Trinajstić information content (AvgIpc) is 2.40. The number of benzene rings is 1. The van der Waals surface area contributed by atoms with Crippen LogP contribution in [-0.4, -0.2) is 19.2 Å². The lowest BCUT2D eigenvalue weighted by atomic mass is 9.93. The molecule has 1 saturated heterocycles. The van der Waals surface area contributed by atoms with E-state index in [2.05, 4.69) is 17.4 Å². The highest BCUT2D eigenvalue weighted by atomic mass is 16.9. The minimum Gasteiger partial charge on any atom is -0.600 e. The fourth-order valence-electron chi connectivity index (χ4n) is 2.40. The maximum Gasteiger partial charge on any atom is 0.137 e. The van der Waals surface area contributed by atoms with Crippen molar-refractivity contribution in [3.8, 4) is 0 Å². The van der Waals surface area contributed by atoms with Crippen molar-refractivity contribution < 1.29 is 10.1 Å². The lowest BCUT2D eigenvalue weighted by Gasteiger charge is -2.37. The van der Waals surface area contributed by atoms with Gasteiger partial charge in [0.25, 0.3) is 0 Å². The zero-order valence-corrected chi connectivity index (χ0v) is 10.2. The molecule has 1 aliphatic rings. The molecular weight excluding hydrogens is 216 g/mol. The Morgan fingerprint density at radius 1 is 1.41 bits per heavy atom. The van der Waals surface area contributed by atoms with E-state index in [1.54, 1.807) is 0 Å². The zero-order valence-electron chi connectivity index (χ0n) is 10.2. The molecule has 0 saturated carbocycles. The van der Waals surface area contributed by atoms with Gasteiger partial charge in [-0.2, -0.15) is 0 Å². The molecule has 17 heavy (non-hydrogen) atoms. The molecule has 94 valence electrons. The van der Waals surface area contributed by atoms with E-state index in [-0.39, 0.29) is 17.3 Å². The van der Waals surface area contributed by atoms with Gasteiger partial charge in [-0.05, 0) is 25.5 Å². The van der Waals surface area contributed by atoms with E-state index in [1.807, 2.05) is 25.1 Å². The normalized spacial score (nSPS) is 26.7. The van der Waals surface area contributed by atoms with Crippen molar-refractivity contribution in [2.45, 2.75) is 31.8 Å². The first-order valence-electron chi connectivity index (χ1n) is 6.28. The molecule has 1 aromatic rings. The van der Waals surface area contributed by atoms with Gasteiger partial charge in [0, 0.05) is 6.42 Å². The van der Waals surface area contributed by atoms with Gasteiger partial charge >= 0.3 is 0 Å². The number of hydrogen-bond acceptors (Lipinski definition) is 3. The Kier molecular flexibility index (Phi) is 4.50. The maximum absolute atomic E-state index is 11.9. The molecule has 0 amide bonds. The number of piperidine rings is 1. The summed E-state index contributed by atoms with van der Waals surface area (Å²) in [6.07, 6.45) is 1.94. The van der Waals surface area contributed by atoms with Crippen molar-refractivity contribution >= 4 is 0 Å². The lowest BCUT2D eigenvalue weighted by molar-refractivity contribution is -1.07. The molecule has 0 bridgehead atoms. The Bertz CT molecular complexity index is 331. The third-order valence-electron chi connectivity index (χ3n) is 3.21. The van der Waals surface area contributed by atoms with Crippen molar-refractivity contribution in [1.82, 2.24) is 5.32 Å². The monoisotopic (exact) mass is 236 g/mol. The second-order valence-electron chi connectivity index (χ2n) is 4.34. The number of hydroxylamine groups is 2. The van der Waals surface area contributed by atoms with Crippen LogP contribution in [0.4, 0.5) is 0 Å². The summed E-state index contributed by atoms with van der Waals surface area (Å²) in [6, 6.07) is 10.2. The maximum atomic E-state index is 11.9. The summed E-state index contributed by atoms with van der Waals surface area (Å²) < 4.78 is 0. The van der Waals surface area contributed by atoms with Gasteiger partial charge in [-0.25, -0.2) is 10.1 Å². The van der Waals surface area contributed by atoms with E-state index in [1.165, 1.54) is 5.56 Å². The van der Waals surface area contributed by atoms with Crippen LogP contribution >= 0.6 is 0 Å². The molecule has 0 aromatic heterocycles. The Balaban J connectivity index is 2.12. The van der Waals surface area contributed by atoms with Crippen molar-refractivity contribution in [2.24, 2.45) is 0 Å². The molecule has 1 heterocycles. The quantitative estimate of drug-likeness (QED) is 0.761. The summed E-state index contributed by atoms with van der Waals surface area (Å²) in [5, 5.41) is 15.3. The first-order chi connectivity index (χ1) is 8.33. The fourth-order valence-corrected chi connectivity index (χ4v) is 2.40. The molecule has 4 heteroatoms. The Morgan fingerprint density at radius 3 is 2.88 bits per heavy atom. The molecule has 0 radical (unpaired) electrons. The topological polar surface area (TPSA) is 48.8 Å². The van der Waals surface area contributed by atoms with Gasteiger partial charge in [0.05, 0.1) is 6.04 Å². The molecular formula is C13H20N2O2. The van der Waals surface area contributed by atoms with Gasteiger partial charge in [0.1, 0.15) is 12.6 Å². The molecule has 2 rings (SSSR count). The predicted molar refractivity (Wildman–Crippen MR) is 66.2 cm³/mol. The van der Waals surface area contributed by atoms with Crippen LogP contribution in [0.25, 0.3) is 0 Å². The van der Waals surface area contributed by atoms with Crippen molar-refractivity contribution in [3.63, 3.8) is 0 Å². The molecule has 1 fully saturated rings. The Labute approximate surface area is 102 Å². The summed E-state index contributed by atoms with van der Waals surface area (Å²) >= 11 is 0. The lowest BCUT2D eigenvalue weighted by Crippen LogP contribution is -3.11. The smallest absolute Gasteiger partial charge is 0.137 e. The zero-order chi connectivity index (χ0) is 12.1. The van der Waals surface area contributed by atoms with E-state index < -0.39 is 0 Å². The van der Waals surface area contributed by atoms with E-state index in [9.17, 15) is 5.21 Å². The van der Waals surface area contributed by atoms with Gasteiger partial charge in [0.15, 0.2) is 0 Å². The third kappa shape index (κ3) is 3.04. The predicted octanol–water partition coefficient (Wildman–Crippen LogP) is 0.814. The fraction of sp³-hybridized carbons (Fsp3) is 0.538. The third-order valence-corrected chi connectivity index (χ3v) is 3.21. The van der Waals surface area contributed by atoms with Gasteiger partial charge in [-0.3, -0.25) is 0 Å².